The first-order valence-electron chi connectivity index (χ1n) is 10.8. The molecule has 1 spiro atoms. The summed E-state index contributed by atoms with van der Waals surface area (Å²) in [5.41, 5.74) is 2.34. The molecule has 164 valence electrons. The quantitative estimate of drug-likeness (QED) is 0.823. The third kappa shape index (κ3) is 4.22. The number of nitrogens with zero attached hydrogens (tertiary/aromatic N) is 2. The van der Waals surface area contributed by atoms with Crippen LogP contribution in [0.5, 0.6) is 0 Å². The highest BCUT2D eigenvalue weighted by atomic mass is 19.1. The van der Waals surface area contributed by atoms with Gasteiger partial charge in [-0.25, -0.2) is 4.39 Å². The molecule has 4 rings (SSSR count). The van der Waals surface area contributed by atoms with Crippen LogP contribution in [0.4, 0.5) is 4.39 Å². The third-order valence-electron chi connectivity index (χ3n) is 6.80. The monoisotopic (exact) mass is 424 g/mol. The van der Waals surface area contributed by atoms with E-state index in [9.17, 15) is 19.1 Å². The molecule has 0 radical (unpaired) electrons. The number of hydrogen-bond donors (Lipinski definition) is 1. The maximum absolute atomic E-state index is 14.0. The van der Waals surface area contributed by atoms with E-state index in [1.165, 1.54) is 6.07 Å². The van der Waals surface area contributed by atoms with Gasteiger partial charge >= 0.3 is 0 Å². The molecule has 0 aromatic heterocycles. The van der Waals surface area contributed by atoms with Crippen molar-refractivity contribution in [2.24, 2.45) is 5.41 Å². The Labute approximate surface area is 182 Å². The average molecular weight is 425 g/mol. The van der Waals surface area contributed by atoms with Crippen molar-refractivity contribution >= 4 is 11.8 Å². The van der Waals surface area contributed by atoms with Crippen molar-refractivity contribution in [2.45, 2.75) is 38.7 Å². The summed E-state index contributed by atoms with van der Waals surface area (Å²) < 4.78 is 14.0. The highest BCUT2D eigenvalue weighted by Gasteiger charge is 2.48. The number of aliphatic hydroxyl groups excluding tert-OH is 1. The number of carbonyl (C=O) groups excluding carboxylic acids is 2. The number of aryl methyl sites for hydroxylation is 1. The Morgan fingerprint density at radius 2 is 1.90 bits per heavy atom. The van der Waals surface area contributed by atoms with Gasteiger partial charge in [0.1, 0.15) is 5.82 Å². The van der Waals surface area contributed by atoms with Crippen molar-refractivity contribution in [1.82, 2.24) is 9.80 Å². The molecule has 2 amide bonds. The maximum atomic E-state index is 14.0. The van der Waals surface area contributed by atoms with Gasteiger partial charge in [-0.05, 0) is 61.4 Å². The average Bonchev–Trinajstić information content (AvgIpc) is 2.75. The lowest BCUT2D eigenvalue weighted by atomic mass is 9.71. The van der Waals surface area contributed by atoms with Crippen molar-refractivity contribution in [3.05, 3.63) is 70.5 Å². The SMILES string of the molecule is Cc1ccc(Cc2ccccc2C(=O)N2CCC3(CC2)CC(O)CN(C)C3=O)cc1F. The first-order chi connectivity index (χ1) is 14.8. The van der Waals surface area contributed by atoms with Crippen molar-refractivity contribution in [3.63, 3.8) is 0 Å². The molecule has 0 bridgehead atoms. The van der Waals surface area contributed by atoms with Crippen LogP contribution in [-0.4, -0.2) is 59.5 Å². The van der Waals surface area contributed by atoms with Gasteiger partial charge in [-0.15, -0.1) is 0 Å². The van der Waals surface area contributed by atoms with Gasteiger partial charge in [0.2, 0.25) is 5.91 Å². The normalized spacial score (nSPS) is 20.9. The summed E-state index contributed by atoms with van der Waals surface area (Å²) in [7, 11) is 1.73. The van der Waals surface area contributed by atoms with E-state index in [1.54, 1.807) is 29.8 Å². The van der Waals surface area contributed by atoms with Gasteiger partial charge in [0.25, 0.3) is 5.91 Å². The van der Waals surface area contributed by atoms with Crippen LogP contribution in [0.15, 0.2) is 42.5 Å². The summed E-state index contributed by atoms with van der Waals surface area (Å²) in [5.74, 6) is -0.228. The van der Waals surface area contributed by atoms with Crippen LogP contribution in [0, 0.1) is 18.2 Å². The summed E-state index contributed by atoms with van der Waals surface area (Å²) in [6.45, 7) is 3.07. The molecule has 2 aromatic carbocycles. The fourth-order valence-electron chi connectivity index (χ4n) is 4.98. The van der Waals surface area contributed by atoms with Crippen LogP contribution in [0.1, 0.15) is 46.3 Å². The van der Waals surface area contributed by atoms with Gasteiger partial charge in [-0.1, -0.05) is 30.3 Å². The lowest BCUT2D eigenvalue weighted by molar-refractivity contribution is -0.154. The first-order valence-corrected chi connectivity index (χ1v) is 10.8. The molecular weight excluding hydrogens is 395 g/mol. The van der Waals surface area contributed by atoms with E-state index in [1.807, 2.05) is 30.3 Å². The van der Waals surface area contributed by atoms with Crippen LogP contribution < -0.4 is 0 Å². The van der Waals surface area contributed by atoms with E-state index in [0.717, 1.165) is 11.1 Å². The second-order valence-corrected chi connectivity index (χ2v) is 9.03. The number of aliphatic hydroxyl groups is 1. The zero-order chi connectivity index (χ0) is 22.2. The highest BCUT2D eigenvalue weighted by Crippen LogP contribution is 2.41. The number of likely N-dealkylation sites (tertiary alicyclic amines) is 2. The molecule has 31 heavy (non-hydrogen) atoms. The molecule has 0 saturated carbocycles. The number of rotatable bonds is 3. The molecule has 2 aliphatic heterocycles. The molecule has 2 fully saturated rings. The standard InChI is InChI=1S/C25H29FN2O3/c1-17-7-8-18(14-22(17)26)13-19-5-3-4-6-21(19)23(30)28-11-9-25(10-12-28)15-20(29)16-27(2)24(25)31/h3-8,14,20,29H,9-13,15-16H2,1-2H3. The Balaban J connectivity index is 1.50. The molecular formula is C25H29FN2O3. The Hall–Kier alpha value is -2.73. The van der Waals surface area contributed by atoms with Gasteiger partial charge in [-0.2, -0.15) is 0 Å². The van der Waals surface area contributed by atoms with Crippen LogP contribution in [0.3, 0.4) is 0 Å². The fraction of sp³-hybridized carbons (Fsp3) is 0.440. The van der Waals surface area contributed by atoms with Crippen LogP contribution in [0.25, 0.3) is 0 Å². The third-order valence-corrected chi connectivity index (χ3v) is 6.80. The van der Waals surface area contributed by atoms with Gasteiger partial charge in [0.15, 0.2) is 0 Å². The zero-order valence-electron chi connectivity index (χ0n) is 18.1. The number of hydrogen-bond acceptors (Lipinski definition) is 3. The second-order valence-electron chi connectivity index (χ2n) is 9.03. The van der Waals surface area contributed by atoms with Crippen LogP contribution in [0.2, 0.25) is 0 Å². The second kappa shape index (κ2) is 8.42. The number of carbonyl (C=O) groups is 2. The number of piperidine rings is 2. The van der Waals surface area contributed by atoms with Crippen molar-refractivity contribution < 1.29 is 19.1 Å². The minimum atomic E-state index is -0.567. The van der Waals surface area contributed by atoms with Gasteiger partial charge in [-0.3, -0.25) is 9.59 Å². The number of benzene rings is 2. The van der Waals surface area contributed by atoms with E-state index < -0.39 is 11.5 Å². The molecule has 2 aliphatic rings. The number of halogens is 1. The predicted octanol–water partition coefficient (Wildman–Crippen LogP) is 3.17. The van der Waals surface area contributed by atoms with Gasteiger partial charge < -0.3 is 14.9 Å². The topological polar surface area (TPSA) is 60.9 Å². The van der Waals surface area contributed by atoms with Crippen LogP contribution >= 0.6 is 0 Å². The Bertz CT molecular complexity index is 998. The molecule has 5 nitrogen and oxygen atoms in total. The molecule has 1 atom stereocenters. The van der Waals surface area contributed by atoms with E-state index in [0.29, 0.717) is 56.4 Å². The van der Waals surface area contributed by atoms with Crippen LogP contribution in [-0.2, 0) is 11.2 Å². The van der Waals surface area contributed by atoms with Gasteiger partial charge in [0, 0.05) is 32.2 Å². The zero-order valence-corrected chi connectivity index (χ0v) is 18.1. The molecule has 0 aliphatic carbocycles. The number of amides is 2. The highest BCUT2D eigenvalue weighted by molar-refractivity contribution is 5.96. The molecule has 2 heterocycles. The smallest absolute Gasteiger partial charge is 0.254 e. The molecule has 6 heteroatoms. The summed E-state index contributed by atoms with van der Waals surface area (Å²) >= 11 is 0. The Morgan fingerprint density at radius 1 is 1.19 bits per heavy atom. The Kier molecular flexibility index (Phi) is 5.84. The lowest BCUT2D eigenvalue weighted by Crippen LogP contribution is -2.56. The lowest BCUT2D eigenvalue weighted by Gasteiger charge is -2.47. The van der Waals surface area contributed by atoms with Crippen molar-refractivity contribution in [2.75, 3.05) is 26.7 Å². The van der Waals surface area contributed by atoms with Gasteiger partial charge in [0.05, 0.1) is 11.5 Å². The van der Waals surface area contributed by atoms with Crippen molar-refractivity contribution in [1.29, 1.82) is 0 Å². The largest absolute Gasteiger partial charge is 0.391 e. The summed E-state index contributed by atoms with van der Waals surface area (Å²) in [6.07, 6.45) is 1.55. The summed E-state index contributed by atoms with van der Waals surface area (Å²) in [6, 6.07) is 12.6. The van der Waals surface area contributed by atoms with E-state index >= 15 is 0 Å². The number of β-amino-alcohol motifs (C(OH)–C–C–N with tert-alkyl or cyclic N) is 1. The molecule has 2 aromatic rings. The van der Waals surface area contributed by atoms with Crippen molar-refractivity contribution in [3.8, 4) is 0 Å². The summed E-state index contributed by atoms with van der Waals surface area (Å²) in [4.78, 5) is 29.5. The predicted molar refractivity (Wildman–Crippen MR) is 116 cm³/mol. The molecule has 2 saturated heterocycles. The van der Waals surface area contributed by atoms with E-state index in [4.69, 9.17) is 0 Å². The first kappa shape index (κ1) is 21.5. The minimum absolute atomic E-state index is 0.0600. The fourth-order valence-corrected chi connectivity index (χ4v) is 4.98. The molecule has 1 unspecified atom stereocenters. The summed E-state index contributed by atoms with van der Waals surface area (Å²) in [5, 5.41) is 10.2. The number of likely N-dealkylation sites (N-methyl/N-ethyl adjacent to an activating group) is 1. The minimum Gasteiger partial charge on any atom is -0.391 e. The Morgan fingerprint density at radius 3 is 2.61 bits per heavy atom. The van der Waals surface area contributed by atoms with E-state index in [-0.39, 0.29) is 17.6 Å². The van der Waals surface area contributed by atoms with E-state index in [2.05, 4.69) is 0 Å². The molecule has 1 N–H and O–H groups in total. The maximum Gasteiger partial charge on any atom is 0.254 e.